The zero-order chi connectivity index (χ0) is 18.2. The Labute approximate surface area is 148 Å². The summed E-state index contributed by atoms with van der Waals surface area (Å²) in [6.07, 6.45) is 5.09. The predicted octanol–water partition coefficient (Wildman–Crippen LogP) is 2.31. The van der Waals surface area contributed by atoms with Gasteiger partial charge >= 0.3 is 0 Å². The molecule has 0 fully saturated rings. The maximum Gasteiger partial charge on any atom is 0.248 e. The molecule has 9 heteroatoms. The van der Waals surface area contributed by atoms with Crippen molar-refractivity contribution in [2.24, 2.45) is 5.14 Å². The smallest absolute Gasteiger partial charge is 0.248 e. The minimum Gasteiger partial charge on any atom is -0.323 e. The van der Waals surface area contributed by atoms with Crippen molar-refractivity contribution in [2.45, 2.75) is 18.7 Å². The van der Waals surface area contributed by atoms with Crippen LogP contribution in [0, 0.1) is 13.8 Å². The first-order valence-corrected chi connectivity index (χ1v) is 9.67. The molecule has 3 rings (SSSR count). The Kier molecular flexibility index (Phi) is 4.46. The molecule has 130 valence electrons. The van der Waals surface area contributed by atoms with E-state index in [1.54, 1.807) is 17.4 Å². The molecule has 1 amide bonds. The van der Waals surface area contributed by atoms with Crippen LogP contribution in [0.3, 0.4) is 0 Å². The summed E-state index contributed by atoms with van der Waals surface area (Å²) in [5.74, 6) is -0.329. The van der Waals surface area contributed by atoms with Gasteiger partial charge in [-0.2, -0.15) is 0 Å². The quantitative estimate of drug-likeness (QED) is 0.681. The van der Waals surface area contributed by atoms with E-state index < -0.39 is 10.0 Å². The second-order valence-electron chi connectivity index (χ2n) is 5.47. The molecule has 3 N–H and O–H groups in total. The summed E-state index contributed by atoms with van der Waals surface area (Å²) in [6.45, 7) is 3.89. The van der Waals surface area contributed by atoms with Crippen molar-refractivity contribution in [3.63, 3.8) is 0 Å². The van der Waals surface area contributed by atoms with E-state index in [-0.39, 0.29) is 10.8 Å². The highest BCUT2D eigenvalue weighted by atomic mass is 32.2. The van der Waals surface area contributed by atoms with Crippen molar-refractivity contribution < 1.29 is 13.2 Å². The lowest BCUT2D eigenvalue weighted by molar-refractivity contribution is -0.111. The molecule has 25 heavy (non-hydrogen) atoms. The van der Waals surface area contributed by atoms with Crippen LogP contribution in [0.2, 0.25) is 0 Å². The highest BCUT2D eigenvalue weighted by Crippen LogP contribution is 2.21. The molecule has 0 spiro atoms. The zero-order valence-corrected chi connectivity index (χ0v) is 15.2. The van der Waals surface area contributed by atoms with Gasteiger partial charge < -0.3 is 5.32 Å². The number of hydrogen-bond acceptors (Lipinski definition) is 5. The molecule has 0 atom stereocenters. The molecule has 0 unspecified atom stereocenters. The number of carbonyl (C=O) groups is 1. The molecule has 7 nitrogen and oxygen atoms in total. The SMILES string of the molecule is Cc1cn2c(/C=C/C(=O)Nc3ccc(S(N)(=O)=O)cc3)c(C)nc2s1. The van der Waals surface area contributed by atoms with E-state index >= 15 is 0 Å². The van der Waals surface area contributed by atoms with E-state index in [0.29, 0.717) is 5.69 Å². The van der Waals surface area contributed by atoms with Crippen LogP contribution in [-0.4, -0.2) is 23.7 Å². The molecule has 0 bridgehead atoms. The largest absolute Gasteiger partial charge is 0.323 e. The number of carbonyl (C=O) groups excluding carboxylic acids is 1. The number of sulfonamides is 1. The zero-order valence-electron chi connectivity index (χ0n) is 13.6. The van der Waals surface area contributed by atoms with Crippen LogP contribution in [0.25, 0.3) is 11.0 Å². The monoisotopic (exact) mass is 376 g/mol. The number of amides is 1. The summed E-state index contributed by atoms with van der Waals surface area (Å²) < 4.78 is 24.4. The van der Waals surface area contributed by atoms with E-state index in [1.807, 2.05) is 24.4 Å². The molecule has 1 aromatic carbocycles. The highest BCUT2D eigenvalue weighted by Gasteiger charge is 2.10. The third-order valence-electron chi connectivity index (χ3n) is 3.51. The lowest BCUT2D eigenvalue weighted by Crippen LogP contribution is -2.12. The Hall–Kier alpha value is -2.49. The fourth-order valence-corrected chi connectivity index (χ4v) is 3.74. The number of benzene rings is 1. The number of thiazole rings is 1. The van der Waals surface area contributed by atoms with Gasteiger partial charge in [0.05, 0.1) is 16.3 Å². The molecule has 2 aromatic heterocycles. The van der Waals surface area contributed by atoms with Crippen molar-refractivity contribution >= 4 is 44.0 Å². The fraction of sp³-hybridized carbons (Fsp3) is 0.125. The normalized spacial score (nSPS) is 12.1. The van der Waals surface area contributed by atoms with Crippen LogP contribution in [0.5, 0.6) is 0 Å². The Bertz CT molecular complexity index is 1080. The summed E-state index contributed by atoms with van der Waals surface area (Å²) in [4.78, 5) is 18.5. The molecular formula is C16H16N4O3S2. The van der Waals surface area contributed by atoms with Gasteiger partial charge in [0.25, 0.3) is 0 Å². The van der Waals surface area contributed by atoms with Gasteiger partial charge in [-0.05, 0) is 44.2 Å². The van der Waals surface area contributed by atoms with E-state index in [9.17, 15) is 13.2 Å². The molecule has 2 heterocycles. The second kappa shape index (κ2) is 6.43. The number of hydrogen-bond donors (Lipinski definition) is 2. The van der Waals surface area contributed by atoms with Crippen LogP contribution >= 0.6 is 11.3 Å². The second-order valence-corrected chi connectivity index (χ2v) is 8.24. The first-order chi connectivity index (χ1) is 11.7. The van der Waals surface area contributed by atoms with Crippen molar-refractivity contribution in [1.82, 2.24) is 9.38 Å². The number of nitrogens with two attached hydrogens (primary N) is 1. The predicted molar refractivity (Wildman–Crippen MR) is 98.0 cm³/mol. The van der Waals surface area contributed by atoms with E-state index in [4.69, 9.17) is 5.14 Å². The number of aromatic nitrogens is 2. The maximum atomic E-state index is 12.1. The molecule has 0 aliphatic rings. The Morgan fingerprint density at radius 3 is 2.60 bits per heavy atom. The summed E-state index contributed by atoms with van der Waals surface area (Å²) in [5.41, 5.74) is 2.16. The molecule has 3 aromatic rings. The van der Waals surface area contributed by atoms with Crippen molar-refractivity contribution in [3.05, 3.63) is 52.8 Å². The lowest BCUT2D eigenvalue weighted by Gasteiger charge is -2.03. The van der Waals surface area contributed by atoms with Gasteiger partial charge in [0.15, 0.2) is 4.96 Å². The lowest BCUT2D eigenvalue weighted by atomic mass is 10.3. The fourth-order valence-electron chi connectivity index (χ4n) is 2.35. The molecule has 0 aliphatic carbocycles. The Balaban J connectivity index is 1.75. The Morgan fingerprint density at radius 2 is 1.96 bits per heavy atom. The van der Waals surface area contributed by atoms with E-state index in [0.717, 1.165) is 21.2 Å². The van der Waals surface area contributed by atoms with Gasteiger partial charge in [0.2, 0.25) is 15.9 Å². The minimum absolute atomic E-state index is 0.00820. The van der Waals surface area contributed by atoms with Gasteiger partial charge in [-0.1, -0.05) is 0 Å². The first kappa shape index (κ1) is 17.3. The third kappa shape index (κ3) is 3.78. The summed E-state index contributed by atoms with van der Waals surface area (Å²) in [5, 5.41) is 7.70. The van der Waals surface area contributed by atoms with Crippen LogP contribution in [-0.2, 0) is 14.8 Å². The number of fused-ring (bicyclic) bond motifs is 1. The molecule has 0 saturated heterocycles. The van der Waals surface area contributed by atoms with E-state index in [1.165, 1.54) is 30.3 Å². The van der Waals surface area contributed by atoms with Gasteiger partial charge in [0, 0.05) is 22.8 Å². The van der Waals surface area contributed by atoms with E-state index in [2.05, 4.69) is 10.3 Å². The van der Waals surface area contributed by atoms with Gasteiger partial charge in [-0.25, -0.2) is 18.5 Å². The highest BCUT2D eigenvalue weighted by molar-refractivity contribution is 7.89. The van der Waals surface area contributed by atoms with Gasteiger partial charge in [0.1, 0.15) is 0 Å². The van der Waals surface area contributed by atoms with Crippen molar-refractivity contribution in [3.8, 4) is 0 Å². The summed E-state index contributed by atoms with van der Waals surface area (Å²) >= 11 is 1.59. The number of rotatable bonds is 4. The number of imidazole rings is 1. The number of anilines is 1. The van der Waals surface area contributed by atoms with Gasteiger partial charge in [-0.15, -0.1) is 11.3 Å². The summed E-state index contributed by atoms with van der Waals surface area (Å²) in [7, 11) is -3.75. The van der Waals surface area contributed by atoms with Crippen LogP contribution in [0.15, 0.2) is 41.4 Å². The molecular weight excluding hydrogens is 360 g/mol. The minimum atomic E-state index is -3.75. The average Bonchev–Trinajstić information content (AvgIpc) is 3.00. The van der Waals surface area contributed by atoms with Crippen LogP contribution in [0.1, 0.15) is 16.3 Å². The molecule has 0 radical (unpaired) electrons. The van der Waals surface area contributed by atoms with Crippen molar-refractivity contribution in [2.75, 3.05) is 5.32 Å². The Morgan fingerprint density at radius 1 is 1.28 bits per heavy atom. The first-order valence-electron chi connectivity index (χ1n) is 7.31. The number of primary sulfonamides is 1. The number of nitrogens with zero attached hydrogens (tertiary/aromatic N) is 2. The standard InChI is InChI=1S/C16H16N4O3S2/c1-10-9-20-14(11(2)18-16(20)24-10)7-8-15(21)19-12-3-5-13(6-4-12)25(17,22)23/h3-9H,1-2H3,(H,19,21)(H2,17,22,23)/b8-7+. The summed E-state index contributed by atoms with van der Waals surface area (Å²) in [6, 6.07) is 5.65. The topological polar surface area (TPSA) is 107 Å². The number of aryl methyl sites for hydroxylation is 2. The number of nitrogens with one attached hydrogen (secondary N) is 1. The van der Waals surface area contributed by atoms with Crippen LogP contribution in [0.4, 0.5) is 5.69 Å². The van der Waals surface area contributed by atoms with Gasteiger partial charge in [-0.3, -0.25) is 9.20 Å². The third-order valence-corrected chi connectivity index (χ3v) is 5.33. The molecule has 0 aliphatic heterocycles. The van der Waals surface area contributed by atoms with Crippen molar-refractivity contribution in [1.29, 1.82) is 0 Å². The maximum absolute atomic E-state index is 12.1. The average molecular weight is 376 g/mol. The molecule has 0 saturated carbocycles. The van der Waals surface area contributed by atoms with Crippen LogP contribution < -0.4 is 10.5 Å².